The number of carbonyl (C=O) groups excluding carboxylic acids is 2. The summed E-state index contributed by atoms with van der Waals surface area (Å²) in [4.78, 5) is 27.5. The van der Waals surface area contributed by atoms with E-state index in [0.717, 1.165) is 25.1 Å². The first-order chi connectivity index (χ1) is 14.1. The predicted molar refractivity (Wildman–Crippen MR) is 117 cm³/mol. The lowest BCUT2D eigenvalue weighted by atomic mass is 10.2. The van der Waals surface area contributed by atoms with E-state index in [-0.39, 0.29) is 17.6 Å². The average molecular weight is 412 g/mol. The van der Waals surface area contributed by atoms with E-state index in [1.165, 1.54) is 23.3 Å². The number of aryl methyl sites for hydroxylation is 1. The Morgan fingerprint density at radius 2 is 1.90 bits per heavy atom. The highest BCUT2D eigenvalue weighted by Gasteiger charge is 2.16. The zero-order valence-corrected chi connectivity index (χ0v) is 17.4. The number of hydrogen-bond acceptors (Lipinski definition) is 5. The Morgan fingerprint density at radius 1 is 1.10 bits per heavy atom. The molecule has 0 aliphatic rings. The van der Waals surface area contributed by atoms with Crippen LogP contribution in [0.4, 0.5) is 10.7 Å². The molecule has 0 saturated carbocycles. The monoisotopic (exact) mass is 411 g/mol. The molecule has 0 spiro atoms. The quantitative estimate of drug-likeness (QED) is 0.507. The lowest BCUT2D eigenvalue weighted by Crippen LogP contribution is -2.29. The van der Waals surface area contributed by atoms with E-state index in [0.29, 0.717) is 16.4 Å². The highest BCUT2D eigenvalue weighted by Crippen LogP contribution is 2.27. The van der Waals surface area contributed by atoms with Gasteiger partial charge in [-0.3, -0.25) is 9.59 Å². The third kappa shape index (κ3) is 5.48. The minimum atomic E-state index is -0.330. The molecule has 0 bridgehead atoms. The molecule has 2 amide bonds. The van der Waals surface area contributed by atoms with Crippen molar-refractivity contribution in [3.05, 3.63) is 71.0 Å². The van der Waals surface area contributed by atoms with E-state index in [1.54, 1.807) is 18.2 Å². The molecule has 1 aromatic carbocycles. The van der Waals surface area contributed by atoms with Gasteiger partial charge in [-0.2, -0.15) is 0 Å². The summed E-state index contributed by atoms with van der Waals surface area (Å²) in [6, 6.07) is 15.3. The van der Waals surface area contributed by atoms with E-state index in [2.05, 4.69) is 34.6 Å². The van der Waals surface area contributed by atoms with Gasteiger partial charge in [0.05, 0.1) is 16.1 Å². The summed E-state index contributed by atoms with van der Waals surface area (Å²) in [5, 5.41) is 6.37. The number of furan rings is 1. The van der Waals surface area contributed by atoms with Crippen molar-refractivity contribution in [2.24, 2.45) is 0 Å². The van der Waals surface area contributed by atoms with E-state index in [4.69, 9.17) is 4.42 Å². The lowest BCUT2D eigenvalue weighted by molar-refractivity contribution is 0.0955. The van der Waals surface area contributed by atoms with Gasteiger partial charge >= 0.3 is 0 Å². The van der Waals surface area contributed by atoms with Crippen LogP contribution >= 0.6 is 11.3 Å². The minimum absolute atomic E-state index is 0.117. The van der Waals surface area contributed by atoms with Crippen molar-refractivity contribution < 1.29 is 14.0 Å². The molecule has 0 atom stereocenters. The fourth-order valence-corrected chi connectivity index (χ4v) is 4.00. The van der Waals surface area contributed by atoms with Crippen molar-refractivity contribution in [2.75, 3.05) is 29.9 Å². The Morgan fingerprint density at radius 3 is 2.59 bits per heavy atom. The largest absolute Gasteiger partial charge is 0.459 e. The van der Waals surface area contributed by atoms with Gasteiger partial charge in [0.1, 0.15) is 0 Å². The highest BCUT2D eigenvalue weighted by atomic mass is 32.1. The fraction of sp³-hybridized carbons (Fsp3) is 0.273. The molecular weight excluding hydrogens is 386 g/mol. The van der Waals surface area contributed by atoms with Gasteiger partial charge in [0.25, 0.3) is 11.8 Å². The number of nitrogens with zero attached hydrogens (tertiary/aromatic N) is 1. The maximum Gasteiger partial charge on any atom is 0.291 e. The molecule has 0 fully saturated rings. The van der Waals surface area contributed by atoms with Gasteiger partial charge < -0.3 is 20.0 Å². The predicted octanol–water partition coefficient (Wildman–Crippen LogP) is 4.55. The third-order valence-electron chi connectivity index (χ3n) is 4.50. The zero-order chi connectivity index (χ0) is 20.6. The van der Waals surface area contributed by atoms with Crippen LogP contribution in [0.25, 0.3) is 0 Å². The van der Waals surface area contributed by atoms with Crippen molar-refractivity contribution in [3.63, 3.8) is 0 Å². The molecule has 7 heteroatoms. The second kappa shape index (κ2) is 9.93. The van der Waals surface area contributed by atoms with Crippen LogP contribution in [0.15, 0.2) is 59.2 Å². The summed E-state index contributed by atoms with van der Waals surface area (Å²) in [6.07, 6.45) is 2.30. The Kier molecular flexibility index (Phi) is 7.08. The van der Waals surface area contributed by atoms with Gasteiger partial charge in [-0.05, 0) is 56.2 Å². The number of rotatable bonds is 9. The molecule has 0 aliphatic carbocycles. The summed E-state index contributed by atoms with van der Waals surface area (Å²) >= 11 is 1.26. The van der Waals surface area contributed by atoms with Crippen LogP contribution in [-0.2, 0) is 0 Å². The number of carbonyl (C=O) groups is 2. The summed E-state index contributed by atoms with van der Waals surface area (Å²) in [5.41, 5.74) is 2.02. The molecule has 2 heterocycles. The number of amides is 2. The normalized spacial score (nSPS) is 10.6. The van der Waals surface area contributed by atoms with Crippen LogP contribution < -0.4 is 15.5 Å². The van der Waals surface area contributed by atoms with Crippen LogP contribution in [0.2, 0.25) is 0 Å². The zero-order valence-electron chi connectivity index (χ0n) is 16.6. The molecule has 0 saturated heterocycles. The number of nitrogens with one attached hydrogen (secondary N) is 2. The number of hydrogen-bond donors (Lipinski definition) is 2. The number of benzene rings is 1. The van der Waals surface area contributed by atoms with E-state index < -0.39 is 0 Å². The van der Waals surface area contributed by atoms with Gasteiger partial charge in [-0.25, -0.2) is 0 Å². The van der Waals surface area contributed by atoms with Crippen LogP contribution in [0.5, 0.6) is 0 Å². The molecule has 3 rings (SSSR count). The molecule has 29 heavy (non-hydrogen) atoms. The van der Waals surface area contributed by atoms with Crippen molar-refractivity contribution in [1.82, 2.24) is 5.32 Å². The standard InChI is InChI=1S/C22H25N3O3S/c1-3-25(17-9-5-4-6-10-17)13-8-12-23-22(27)20-16(2)15-19(29-20)24-21(26)18-11-7-14-28-18/h4-7,9-11,14-15H,3,8,12-13H2,1-2H3,(H,23,27)(H,24,26). The van der Waals surface area contributed by atoms with Crippen molar-refractivity contribution in [2.45, 2.75) is 20.3 Å². The van der Waals surface area contributed by atoms with Gasteiger partial charge in [-0.1, -0.05) is 18.2 Å². The lowest BCUT2D eigenvalue weighted by Gasteiger charge is -2.23. The van der Waals surface area contributed by atoms with Crippen LogP contribution in [-0.4, -0.2) is 31.4 Å². The van der Waals surface area contributed by atoms with E-state index >= 15 is 0 Å². The molecule has 0 unspecified atom stereocenters. The molecule has 0 radical (unpaired) electrons. The first kappa shape index (κ1) is 20.7. The number of thiophene rings is 1. The van der Waals surface area contributed by atoms with E-state index in [9.17, 15) is 9.59 Å². The van der Waals surface area contributed by atoms with Gasteiger partial charge in [0, 0.05) is 25.3 Å². The van der Waals surface area contributed by atoms with Gasteiger partial charge in [0.15, 0.2) is 5.76 Å². The summed E-state index contributed by atoms with van der Waals surface area (Å²) < 4.78 is 5.09. The van der Waals surface area contributed by atoms with Gasteiger partial charge in [0.2, 0.25) is 0 Å². The molecule has 152 valence electrons. The van der Waals surface area contributed by atoms with Crippen molar-refractivity contribution in [3.8, 4) is 0 Å². The van der Waals surface area contributed by atoms with Crippen molar-refractivity contribution in [1.29, 1.82) is 0 Å². The summed E-state index contributed by atoms with van der Waals surface area (Å²) in [5.74, 6) is -0.210. The Balaban J connectivity index is 1.49. The molecule has 0 aliphatic heterocycles. The third-order valence-corrected chi connectivity index (χ3v) is 5.65. The van der Waals surface area contributed by atoms with Crippen LogP contribution in [0.1, 0.15) is 39.1 Å². The molecule has 3 aromatic rings. The smallest absolute Gasteiger partial charge is 0.291 e. The summed E-state index contributed by atoms with van der Waals surface area (Å²) in [7, 11) is 0. The maximum atomic E-state index is 12.5. The van der Waals surface area contributed by atoms with Crippen LogP contribution in [0, 0.1) is 6.92 Å². The van der Waals surface area contributed by atoms with Gasteiger partial charge in [-0.15, -0.1) is 11.3 Å². The Labute approximate surface area is 174 Å². The molecule has 2 N–H and O–H groups in total. The molecular formula is C22H25N3O3S. The summed E-state index contributed by atoms with van der Waals surface area (Å²) in [6.45, 7) is 6.37. The topological polar surface area (TPSA) is 74.6 Å². The average Bonchev–Trinajstić information content (AvgIpc) is 3.38. The molecule has 2 aromatic heterocycles. The molecule has 6 nitrogen and oxygen atoms in total. The first-order valence-corrected chi connectivity index (χ1v) is 10.4. The SMILES string of the molecule is CCN(CCCNC(=O)c1sc(NC(=O)c2ccco2)cc1C)c1ccccc1. The second-order valence-electron chi connectivity index (χ2n) is 6.58. The van der Waals surface area contributed by atoms with Crippen molar-refractivity contribution >= 4 is 33.8 Å². The Hall–Kier alpha value is -3.06. The number of anilines is 2. The first-order valence-electron chi connectivity index (χ1n) is 9.62. The second-order valence-corrected chi connectivity index (χ2v) is 7.63. The minimum Gasteiger partial charge on any atom is -0.459 e. The number of para-hydroxylation sites is 1. The van der Waals surface area contributed by atoms with E-state index in [1.807, 2.05) is 25.1 Å². The fourth-order valence-electron chi connectivity index (χ4n) is 3.01. The Bertz CT molecular complexity index is 936. The highest BCUT2D eigenvalue weighted by molar-refractivity contribution is 7.18. The van der Waals surface area contributed by atoms with Crippen LogP contribution in [0.3, 0.4) is 0 Å². The maximum absolute atomic E-state index is 12.5.